The second-order valence-corrected chi connectivity index (χ2v) is 7.02. The minimum atomic E-state index is -0.393. The number of aryl methyl sites for hydroxylation is 1. The standard InChI is InChI=1S/C20H16N4O3S/c1-13-6-8-14(9-7-13)20-23-17(27-24-20)11-26-19(25)12-28-18-10-21-15-4-2-3-5-16(15)22-18/h2-10H,11-12H2,1H3. The van der Waals surface area contributed by atoms with Gasteiger partial charge in [-0.05, 0) is 19.1 Å². The molecule has 0 aliphatic carbocycles. The van der Waals surface area contributed by atoms with Crippen molar-refractivity contribution in [3.63, 3.8) is 0 Å². The van der Waals surface area contributed by atoms with Crippen LogP contribution in [0.3, 0.4) is 0 Å². The molecule has 0 unspecified atom stereocenters. The number of rotatable bonds is 6. The van der Waals surface area contributed by atoms with Crippen molar-refractivity contribution in [1.82, 2.24) is 20.1 Å². The maximum absolute atomic E-state index is 12.0. The van der Waals surface area contributed by atoms with Crippen molar-refractivity contribution >= 4 is 28.8 Å². The number of hydrogen-bond acceptors (Lipinski definition) is 8. The van der Waals surface area contributed by atoms with Gasteiger partial charge in [-0.25, -0.2) is 4.98 Å². The average Bonchev–Trinajstić information content (AvgIpc) is 3.20. The van der Waals surface area contributed by atoms with E-state index in [0.29, 0.717) is 10.9 Å². The molecule has 4 rings (SSSR count). The number of thioether (sulfide) groups is 1. The molecule has 0 saturated heterocycles. The first-order valence-electron chi connectivity index (χ1n) is 8.57. The summed E-state index contributed by atoms with van der Waals surface area (Å²) < 4.78 is 10.3. The van der Waals surface area contributed by atoms with Crippen LogP contribution in [0.2, 0.25) is 0 Å². The van der Waals surface area contributed by atoms with E-state index >= 15 is 0 Å². The predicted molar refractivity (Wildman–Crippen MR) is 105 cm³/mol. The van der Waals surface area contributed by atoms with E-state index in [1.165, 1.54) is 11.8 Å². The molecule has 0 N–H and O–H groups in total. The van der Waals surface area contributed by atoms with Crippen molar-refractivity contribution < 1.29 is 14.1 Å². The fourth-order valence-corrected chi connectivity index (χ4v) is 3.10. The van der Waals surface area contributed by atoms with E-state index < -0.39 is 5.97 Å². The number of hydrogen-bond donors (Lipinski definition) is 0. The highest BCUT2D eigenvalue weighted by molar-refractivity contribution is 7.99. The lowest BCUT2D eigenvalue weighted by Crippen LogP contribution is -2.07. The second kappa shape index (κ2) is 8.18. The fraction of sp³-hybridized carbons (Fsp3) is 0.150. The Morgan fingerprint density at radius 1 is 1.07 bits per heavy atom. The third kappa shape index (κ3) is 4.34. The molecule has 28 heavy (non-hydrogen) atoms. The Morgan fingerprint density at radius 3 is 2.68 bits per heavy atom. The van der Waals surface area contributed by atoms with E-state index in [9.17, 15) is 4.79 Å². The largest absolute Gasteiger partial charge is 0.455 e. The van der Waals surface area contributed by atoms with E-state index in [-0.39, 0.29) is 18.3 Å². The van der Waals surface area contributed by atoms with Crippen molar-refractivity contribution in [2.24, 2.45) is 0 Å². The molecule has 0 aliphatic rings. The summed E-state index contributed by atoms with van der Waals surface area (Å²) in [5.41, 5.74) is 3.60. The van der Waals surface area contributed by atoms with Crippen LogP contribution in [0, 0.1) is 6.92 Å². The average molecular weight is 392 g/mol. The van der Waals surface area contributed by atoms with Crippen molar-refractivity contribution in [3.05, 3.63) is 66.2 Å². The summed E-state index contributed by atoms with van der Waals surface area (Å²) in [6.45, 7) is 1.94. The number of carbonyl (C=O) groups is 1. The van der Waals surface area contributed by atoms with E-state index in [0.717, 1.165) is 22.2 Å². The molecule has 0 saturated carbocycles. The van der Waals surface area contributed by atoms with Crippen LogP contribution >= 0.6 is 11.8 Å². The van der Waals surface area contributed by atoms with Gasteiger partial charge in [0.1, 0.15) is 5.03 Å². The Kier molecular flexibility index (Phi) is 5.29. The number of aromatic nitrogens is 4. The van der Waals surface area contributed by atoms with Gasteiger partial charge in [0.25, 0.3) is 5.89 Å². The van der Waals surface area contributed by atoms with Gasteiger partial charge in [-0.1, -0.05) is 58.9 Å². The molecule has 2 aromatic heterocycles. The van der Waals surface area contributed by atoms with Crippen LogP contribution < -0.4 is 0 Å². The topological polar surface area (TPSA) is 91.0 Å². The Morgan fingerprint density at radius 2 is 1.86 bits per heavy atom. The van der Waals surface area contributed by atoms with Gasteiger partial charge in [0.15, 0.2) is 6.61 Å². The predicted octanol–water partition coefficient (Wildman–Crippen LogP) is 3.82. The minimum Gasteiger partial charge on any atom is -0.455 e. The normalized spacial score (nSPS) is 10.9. The zero-order valence-corrected chi connectivity index (χ0v) is 15.8. The number of esters is 1. The van der Waals surface area contributed by atoms with Crippen LogP contribution in [0.15, 0.2) is 64.3 Å². The zero-order chi connectivity index (χ0) is 19.3. The van der Waals surface area contributed by atoms with Gasteiger partial charge >= 0.3 is 5.97 Å². The summed E-state index contributed by atoms with van der Waals surface area (Å²) in [7, 11) is 0. The third-order valence-corrected chi connectivity index (χ3v) is 4.77. The van der Waals surface area contributed by atoms with Crippen LogP contribution in [0.1, 0.15) is 11.5 Å². The van der Waals surface area contributed by atoms with Crippen LogP contribution in [0.25, 0.3) is 22.4 Å². The second-order valence-electron chi connectivity index (χ2n) is 6.02. The van der Waals surface area contributed by atoms with Crippen molar-refractivity contribution in [2.75, 3.05) is 5.75 Å². The van der Waals surface area contributed by atoms with Crippen LogP contribution in [-0.2, 0) is 16.1 Å². The van der Waals surface area contributed by atoms with Gasteiger partial charge in [-0.15, -0.1) is 0 Å². The van der Waals surface area contributed by atoms with E-state index in [2.05, 4.69) is 20.1 Å². The van der Waals surface area contributed by atoms with Gasteiger partial charge in [0, 0.05) is 5.56 Å². The van der Waals surface area contributed by atoms with Crippen LogP contribution in [0.5, 0.6) is 0 Å². The van der Waals surface area contributed by atoms with Crippen LogP contribution in [-0.4, -0.2) is 31.8 Å². The zero-order valence-electron chi connectivity index (χ0n) is 15.0. The first-order chi connectivity index (χ1) is 13.7. The minimum absolute atomic E-state index is 0.0678. The summed E-state index contributed by atoms with van der Waals surface area (Å²) in [5.74, 6) is 0.438. The Hall–Kier alpha value is -3.26. The molecule has 8 heteroatoms. The molecular weight excluding hydrogens is 376 g/mol. The molecule has 0 amide bonds. The van der Waals surface area contributed by atoms with E-state index in [1.54, 1.807) is 6.20 Å². The van der Waals surface area contributed by atoms with Gasteiger partial charge in [-0.2, -0.15) is 4.98 Å². The van der Waals surface area contributed by atoms with Crippen molar-refractivity contribution in [3.8, 4) is 11.4 Å². The van der Waals surface area contributed by atoms with E-state index in [1.807, 2.05) is 55.5 Å². The molecule has 140 valence electrons. The molecule has 0 fully saturated rings. The van der Waals surface area contributed by atoms with Crippen molar-refractivity contribution in [1.29, 1.82) is 0 Å². The molecule has 0 radical (unpaired) electrons. The molecule has 7 nitrogen and oxygen atoms in total. The summed E-state index contributed by atoms with van der Waals surface area (Å²) in [4.78, 5) is 25.0. The summed E-state index contributed by atoms with van der Waals surface area (Å²) in [6.07, 6.45) is 1.64. The van der Waals surface area contributed by atoms with Gasteiger partial charge in [0.05, 0.1) is 23.0 Å². The first kappa shape index (κ1) is 18.1. The SMILES string of the molecule is Cc1ccc(-c2noc(COC(=O)CSc3cnc4ccccc4n3)n2)cc1. The van der Waals surface area contributed by atoms with Crippen LogP contribution in [0.4, 0.5) is 0 Å². The highest BCUT2D eigenvalue weighted by Gasteiger charge is 2.12. The summed E-state index contributed by atoms with van der Waals surface area (Å²) in [6, 6.07) is 15.3. The lowest BCUT2D eigenvalue weighted by atomic mass is 10.1. The van der Waals surface area contributed by atoms with Crippen molar-refractivity contribution in [2.45, 2.75) is 18.6 Å². The highest BCUT2D eigenvalue weighted by atomic mass is 32.2. The number of para-hydroxylation sites is 2. The monoisotopic (exact) mass is 392 g/mol. The number of carbonyl (C=O) groups excluding carboxylic acids is 1. The first-order valence-corrected chi connectivity index (χ1v) is 9.56. The smallest absolute Gasteiger partial charge is 0.316 e. The summed E-state index contributed by atoms with van der Waals surface area (Å²) in [5, 5.41) is 4.58. The number of ether oxygens (including phenoxy) is 1. The molecule has 2 heterocycles. The third-order valence-electron chi connectivity index (χ3n) is 3.90. The maximum atomic E-state index is 12.0. The Balaban J connectivity index is 1.30. The Bertz CT molecular complexity index is 1110. The molecule has 2 aromatic carbocycles. The number of nitrogens with zero attached hydrogens (tertiary/aromatic N) is 4. The molecule has 0 spiro atoms. The number of benzene rings is 2. The number of fused-ring (bicyclic) bond motifs is 1. The van der Waals surface area contributed by atoms with E-state index in [4.69, 9.17) is 9.26 Å². The molecule has 0 bridgehead atoms. The lowest BCUT2D eigenvalue weighted by Gasteiger charge is -2.03. The molecule has 4 aromatic rings. The summed E-state index contributed by atoms with van der Waals surface area (Å²) >= 11 is 1.27. The van der Waals surface area contributed by atoms with Gasteiger partial charge < -0.3 is 9.26 Å². The Labute approximate surface area is 165 Å². The highest BCUT2D eigenvalue weighted by Crippen LogP contribution is 2.19. The quantitative estimate of drug-likeness (QED) is 0.361. The molecule has 0 aliphatic heterocycles. The molecular formula is C20H16N4O3S. The van der Waals surface area contributed by atoms with Gasteiger partial charge in [-0.3, -0.25) is 9.78 Å². The fourth-order valence-electron chi connectivity index (χ4n) is 2.46. The van der Waals surface area contributed by atoms with Gasteiger partial charge in [0.2, 0.25) is 5.82 Å². The maximum Gasteiger partial charge on any atom is 0.316 e. The lowest BCUT2D eigenvalue weighted by molar-refractivity contribution is -0.142. The molecule has 0 atom stereocenters.